The molecular weight excluding hydrogens is 257 g/mol. The average molecular weight is 264 g/mol. The molecule has 0 spiro atoms. The Labute approximate surface area is 109 Å². The van der Waals surface area contributed by atoms with Crippen molar-refractivity contribution >= 4 is 28.9 Å². The van der Waals surface area contributed by atoms with Crippen molar-refractivity contribution in [2.24, 2.45) is 5.16 Å². The first-order chi connectivity index (χ1) is 8.20. The van der Waals surface area contributed by atoms with Crippen LogP contribution >= 0.6 is 23.2 Å². The second-order valence-electron chi connectivity index (χ2n) is 3.37. The van der Waals surface area contributed by atoms with E-state index in [2.05, 4.69) is 10.9 Å². The zero-order valence-corrected chi connectivity index (χ0v) is 10.2. The van der Waals surface area contributed by atoms with E-state index >= 15 is 0 Å². The van der Waals surface area contributed by atoms with Crippen LogP contribution in [0.25, 0.3) is 0 Å². The second kappa shape index (κ2) is 5.24. The molecule has 0 amide bonds. The van der Waals surface area contributed by atoms with Crippen LogP contribution in [0.15, 0.2) is 59.0 Å². The maximum absolute atomic E-state index is 10.9. The van der Waals surface area contributed by atoms with Crippen LogP contribution in [-0.2, 0) is 0 Å². The van der Waals surface area contributed by atoms with Gasteiger partial charge in [0, 0.05) is 16.2 Å². The van der Waals surface area contributed by atoms with Gasteiger partial charge in [0.15, 0.2) is 0 Å². The first kappa shape index (κ1) is 12.0. The second-order valence-corrected chi connectivity index (χ2v) is 4.24. The van der Waals surface area contributed by atoms with Gasteiger partial charge in [-0.2, -0.15) is 0 Å². The molecule has 0 N–H and O–H groups in total. The Balaban J connectivity index is 2.40. The third kappa shape index (κ3) is 2.80. The fourth-order valence-electron chi connectivity index (χ4n) is 1.42. The minimum absolute atomic E-state index is 0.318. The molecule has 2 rings (SSSR count). The summed E-state index contributed by atoms with van der Waals surface area (Å²) < 4.78 is 0. The zero-order chi connectivity index (χ0) is 12.3. The number of benzene rings is 1. The molecule has 1 radical (unpaired) electrons. The number of allylic oxidation sites excluding steroid dienone is 3. The van der Waals surface area contributed by atoms with E-state index in [4.69, 9.17) is 23.2 Å². The Morgan fingerprint density at radius 3 is 2.35 bits per heavy atom. The summed E-state index contributed by atoms with van der Waals surface area (Å²) in [5.41, 5.74) is 4.52. The van der Waals surface area contributed by atoms with Gasteiger partial charge >= 0.3 is 0 Å². The van der Waals surface area contributed by atoms with Gasteiger partial charge in [0.25, 0.3) is 0 Å². The molecule has 1 aromatic rings. The Hall–Kier alpha value is -1.47. The van der Waals surface area contributed by atoms with Gasteiger partial charge in [-0.1, -0.05) is 29.8 Å². The van der Waals surface area contributed by atoms with E-state index in [1.54, 1.807) is 42.5 Å². The molecule has 0 saturated heterocycles. The van der Waals surface area contributed by atoms with E-state index in [0.29, 0.717) is 27.2 Å². The first-order valence-electron chi connectivity index (χ1n) is 4.84. The first-order valence-corrected chi connectivity index (χ1v) is 5.60. The number of halogens is 2. The predicted molar refractivity (Wildman–Crippen MR) is 71.2 cm³/mol. The van der Waals surface area contributed by atoms with Crippen LogP contribution in [-0.4, -0.2) is 5.71 Å². The SMILES string of the molecule is [O-]N=C(C1=C=C[C](Cl)C=C1)c1ccc(Cl)cc1. The van der Waals surface area contributed by atoms with Crippen molar-refractivity contribution in [2.45, 2.75) is 0 Å². The van der Waals surface area contributed by atoms with Crippen molar-refractivity contribution in [3.8, 4) is 0 Å². The molecule has 0 saturated carbocycles. The van der Waals surface area contributed by atoms with Crippen LogP contribution in [0.3, 0.4) is 0 Å². The van der Waals surface area contributed by atoms with Gasteiger partial charge in [-0.15, -0.1) is 17.3 Å². The van der Waals surface area contributed by atoms with E-state index in [1.165, 1.54) is 0 Å². The smallest absolute Gasteiger partial charge is 0.115 e. The van der Waals surface area contributed by atoms with Crippen molar-refractivity contribution in [1.29, 1.82) is 0 Å². The number of nitrogens with zero attached hydrogens (tertiary/aromatic N) is 1. The summed E-state index contributed by atoms with van der Waals surface area (Å²) in [6.45, 7) is 0. The van der Waals surface area contributed by atoms with Gasteiger partial charge in [-0.05, 0) is 24.3 Å². The number of hydrogen-bond donors (Lipinski definition) is 0. The summed E-state index contributed by atoms with van der Waals surface area (Å²) in [5.74, 6) is 0. The van der Waals surface area contributed by atoms with Gasteiger partial charge in [-0.25, -0.2) is 0 Å². The molecule has 1 aliphatic carbocycles. The molecule has 0 atom stereocenters. The number of rotatable bonds is 2. The molecule has 1 aromatic carbocycles. The van der Waals surface area contributed by atoms with Gasteiger partial charge in [0.2, 0.25) is 0 Å². The summed E-state index contributed by atoms with van der Waals surface area (Å²) in [4.78, 5) is 0. The van der Waals surface area contributed by atoms with Crippen LogP contribution in [0.2, 0.25) is 5.02 Å². The molecule has 2 nitrogen and oxygen atoms in total. The zero-order valence-electron chi connectivity index (χ0n) is 8.65. The highest BCUT2D eigenvalue weighted by atomic mass is 35.5. The molecule has 0 fully saturated rings. The summed E-state index contributed by atoms with van der Waals surface area (Å²) >= 11 is 11.5. The Kier molecular flexibility index (Phi) is 3.70. The predicted octanol–water partition coefficient (Wildman–Crippen LogP) is 4.05. The van der Waals surface area contributed by atoms with Crippen LogP contribution in [0, 0.1) is 10.6 Å². The Morgan fingerprint density at radius 2 is 1.82 bits per heavy atom. The topological polar surface area (TPSA) is 35.4 Å². The lowest BCUT2D eigenvalue weighted by atomic mass is 10.0. The Bertz CT molecular complexity index is 537. The highest BCUT2D eigenvalue weighted by molar-refractivity contribution is 6.31. The monoisotopic (exact) mass is 263 g/mol. The van der Waals surface area contributed by atoms with Gasteiger partial charge in [0.1, 0.15) is 5.38 Å². The van der Waals surface area contributed by atoms with E-state index in [1.807, 2.05) is 0 Å². The van der Waals surface area contributed by atoms with Crippen LogP contribution < -0.4 is 0 Å². The lowest BCUT2D eigenvalue weighted by Crippen LogP contribution is -2.03. The number of hydrogen-bond acceptors (Lipinski definition) is 2. The minimum atomic E-state index is 0.318. The standard InChI is InChI=1S/C13H8Cl2NO/c14-11-5-1-9(2-6-11)13(16-17)10-3-7-12(15)8-4-10/h1-3,5-8,17H/p-1. The fourth-order valence-corrected chi connectivity index (χ4v) is 1.66. The maximum Gasteiger partial charge on any atom is 0.115 e. The molecule has 0 heterocycles. The van der Waals surface area contributed by atoms with Crippen molar-refractivity contribution < 1.29 is 0 Å². The summed E-state index contributed by atoms with van der Waals surface area (Å²) in [6.07, 6.45) is 4.99. The highest BCUT2D eigenvalue weighted by Crippen LogP contribution is 2.20. The van der Waals surface area contributed by atoms with Crippen molar-refractivity contribution in [2.75, 3.05) is 0 Å². The molecule has 85 valence electrons. The molecule has 0 aliphatic heterocycles. The maximum atomic E-state index is 10.9. The van der Waals surface area contributed by atoms with E-state index in [9.17, 15) is 5.21 Å². The van der Waals surface area contributed by atoms with E-state index < -0.39 is 0 Å². The molecular formula is C13H7Cl2NO-. The lowest BCUT2D eigenvalue weighted by molar-refractivity contribution is 1.50. The van der Waals surface area contributed by atoms with Gasteiger partial charge < -0.3 is 10.4 Å². The summed E-state index contributed by atoms with van der Waals surface area (Å²) in [7, 11) is 0. The van der Waals surface area contributed by atoms with E-state index in [-0.39, 0.29) is 0 Å². The van der Waals surface area contributed by atoms with Gasteiger partial charge in [-0.3, -0.25) is 0 Å². The van der Waals surface area contributed by atoms with Crippen LogP contribution in [0.1, 0.15) is 5.56 Å². The van der Waals surface area contributed by atoms with Gasteiger partial charge in [0.05, 0.1) is 5.71 Å². The molecule has 4 heteroatoms. The third-order valence-corrected chi connectivity index (χ3v) is 2.73. The third-order valence-electron chi connectivity index (χ3n) is 2.24. The molecule has 17 heavy (non-hydrogen) atoms. The molecule has 0 unspecified atom stereocenters. The normalized spacial score (nSPS) is 16.1. The fraction of sp³-hybridized carbons (Fsp3) is 0. The van der Waals surface area contributed by atoms with Crippen LogP contribution in [0.5, 0.6) is 0 Å². The minimum Gasteiger partial charge on any atom is -0.791 e. The largest absolute Gasteiger partial charge is 0.791 e. The summed E-state index contributed by atoms with van der Waals surface area (Å²) in [5, 5.41) is 15.1. The molecule has 1 aliphatic rings. The average Bonchev–Trinajstić information content (AvgIpc) is 2.35. The van der Waals surface area contributed by atoms with Crippen molar-refractivity contribution in [1.82, 2.24) is 0 Å². The van der Waals surface area contributed by atoms with Crippen LogP contribution in [0.4, 0.5) is 0 Å². The van der Waals surface area contributed by atoms with Crippen molar-refractivity contribution in [3.63, 3.8) is 0 Å². The van der Waals surface area contributed by atoms with Crippen molar-refractivity contribution in [3.05, 3.63) is 75.0 Å². The summed E-state index contributed by atoms with van der Waals surface area (Å²) in [6, 6.07) is 6.89. The quantitative estimate of drug-likeness (QED) is 0.451. The molecule has 0 bridgehead atoms. The van der Waals surface area contributed by atoms with E-state index in [0.717, 1.165) is 0 Å². The highest BCUT2D eigenvalue weighted by Gasteiger charge is 2.09. The molecule has 0 aromatic heterocycles. The Morgan fingerprint density at radius 1 is 1.12 bits per heavy atom. The lowest BCUT2D eigenvalue weighted by Gasteiger charge is -2.10.